The van der Waals surface area contributed by atoms with Gasteiger partial charge in [-0.05, 0) is 6.07 Å². The van der Waals surface area contributed by atoms with Crippen LogP contribution in [0.3, 0.4) is 0 Å². The van der Waals surface area contributed by atoms with Gasteiger partial charge in [-0.2, -0.15) is 0 Å². The van der Waals surface area contributed by atoms with E-state index in [1.165, 1.54) is 0 Å². The van der Waals surface area contributed by atoms with Crippen LogP contribution in [0.25, 0.3) is 0 Å². The zero-order valence-electron chi connectivity index (χ0n) is 12.8. The molecule has 0 aliphatic carbocycles. The van der Waals surface area contributed by atoms with Crippen molar-refractivity contribution in [1.82, 2.24) is 10.2 Å². The van der Waals surface area contributed by atoms with Gasteiger partial charge in [-0.1, -0.05) is 12.1 Å². The number of piperazine rings is 1. The number of amides is 2. The van der Waals surface area contributed by atoms with Crippen molar-refractivity contribution in [2.75, 3.05) is 27.3 Å². The van der Waals surface area contributed by atoms with Crippen molar-refractivity contribution in [3.63, 3.8) is 0 Å². The molecule has 22 heavy (non-hydrogen) atoms. The van der Waals surface area contributed by atoms with E-state index in [9.17, 15) is 9.59 Å². The maximum atomic E-state index is 12.0. The summed E-state index contributed by atoms with van der Waals surface area (Å²) >= 11 is 0. The standard InChI is InChI=1S/C15H21N3O4/c1-21-12-5-3-4-10(14(12)22-2)9-18-7-6-17-15(20)11(18)8-13(16)19/h3-5,11H,6-9H2,1-2H3,(H2,16,19)(H,17,20)/t11-/m0/s1. The Labute approximate surface area is 129 Å². The second-order valence-electron chi connectivity index (χ2n) is 5.10. The molecule has 0 bridgehead atoms. The van der Waals surface area contributed by atoms with Crippen LogP contribution >= 0.6 is 0 Å². The van der Waals surface area contributed by atoms with E-state index in [0.29, 0.717) is 31.1 Å². The van der Waals surface area contributed by atoms with Gasteiger partial charge in [0.25, 0.3) is 0 Å². The normalized spacial score (nSPS) is 18.6. The summed E-state index contributed by atoms with van der Waals surface area (Å²) in [7, 11) is 3.15. The molecule has 1 saturated heterocycles. The van der Waals surface area contributed by atoms with Crippen LogP contribution in [0.5, 0.6) is 11.5 Å². The van der Waals surface area contributed by atoms with E-state index >= 15 is 0 Å². The molecule has 1 heterocycles. The van der Waals surface area contributed by atoms with Gasteiger partial charge in [0.2, 0.25) is 11.8 Å². The van der Waals surface area contributed by atoms with Gasteiger partial charge in [0.05, 0.1) is 26.7 Å². The lowest BCUT2D eigenvalue weighted by Gasteiger charge is -2.34. The Morgan fingerprint density at radius 2 is 2.18 bits per heavy atom. The predicted octanol–water partition coefficient (Wildman–Crippen LogP) is -0.120. The number of carbonyl (C=O) groups excluding carboxylic acids is 2. The number of ether oxygens (including phenoxy) is 2. The minimum Gasteiger partial charge on any atom is -0.493 e. The number of carbonyl (C=O) groups is 2. The molecule has 1 aromatic carbocycles. The highest BCUT2D eigenvalue weighted by molar-refractivity contribution is 5.88. The second kappa shape index (κ2) is 7.13. The molecule has 7 heteroatoms. The monoisotopic (exact) mass is 307 g/mol. The van der Waals surface area contributed by atoms with E-state index in [-0.39, 0.29) is 12.3 Å². The number of rotatable bonds is 6. The molecule has 2 rings (SSSR count). The van der Waals surface area contributed by atoms with Crippen LogP contribution in [-0.4, -0.2) is 50.1 Å². The number of methoxy groups -OCH3 is 2. The molecule has 0 unspecified atom stereocenters. The number of primary amides is 1. The van der Waals surface area contributed by atoms with Crippen LogP contribution < -0.4 is 20.5 Å². The van der Waals surface area contributed by atoms with Gasteiger partial charge >= 0.3 is 0 Å². The first-order valence-electron chi connectivity index (χ1n) is 7.06. The number of nitrogens with two attached hydrogens (primary N) is 1. The van der Waals surface area contributed by atoms with Crippen LogP contribution in [0.4, 0.5) is 0 Å². The molecule has 0 radical (unpaired) electrons. The van der Waals surface area contributed by atoms with Crippen LogP contribution in [0.1, 0.15) is 12.0 Å². The van der Waals surface area contributed by atoms with E-state index in [2.05, 4.69) is 5.32 Å². The summed E-state index contributed by atoms with van der Waals surface area (Å²) < 4.78 is 10.7. The molecule has 0 spiro atoms. The molecule has 1 atom stereocenters. The van der Waals surface area contributed by atoms with Gasteiger partial charge in [-0.3, -0.25) is 14.5 Å². The molecule has 1 aliphatic heterocycles. The summed E-state index contributed by atoms with van der Waals surface area (Å²) in [6.07, 6.45) is -0.00187. The quantitative estimate of drug-likeness (QED) is 0.764. The third-order valence-electron chi connectivity index (χ3n) is 3.69. The first-order chi connectivity index (χ1) is 10.6. The van der Waals surface area contributed by atoms with Crippen molar-refractivity contribution in [2.45, 2.75) is 19.0 Å². The number of nitrogens with zero attached hydrogens (tertiary/aromatic N) is 1. The van der Waals surface area contributed by atoms with Gasteiger partial charge < -0.3 is 20.5 Å². The van der Waals surface area contributed by atoms with Gasteiger partial charge in [0, 0.05) is 25.2 Å². The molecular formula is C15H21N3O4. The molecule has 0 saturated carbocycles. The Kier molecular flexibility index (Phi) is 5.21. The van der Waals surface area contributed by atoms with Crippen molar-refractivity contribution in [3.8, 4) is 11.5 Å². The Morgan fingerprint density at radius 3 is 2.82 bits per heavy atom. The third-order valence-corrected chi connectivity index (χ3v) is 3.69. The van der Waals surface area contributed by atoms with Crippen molar-refractivity contribution >= 4 is 11.8 Å². The number of hydrogen-bond donors (Lipinski definition) is 2. The SMILES string of the molecule is COc1cccc(CN2CCNC(=O)[C@@H]2CC(N)=O)c1OC. The lowest BCUT2D eigenvalue weighted by atomic mass is 10.1. The third kappa shape index (κ3) is 3.48. The van der Waals surface area contributed by atoms with Crippen LogP contribution in [-0.2, 0) is 16.1 Å². The maximum absolute atomic E-state index is 12.0. The predicted molar refractivity (Wildman–Crippen MR) is 80.6 cm³/mol. The van der Waals surface area contributed by atoms with Gasteiger partial charge in [0.15, 0.2) is 11.5 Å². The average molecular weight is 307 g/mol. The summed E-state index contributed by atoms with van der Waals surface area (Å²) in [5.41, 5.74) is 6.15. The van der Waals surface area contributed by atoms with Crippen LogP contribution in [0, 0.1) is 0 Å². The summed E-state index contributed by atoms with van der Waals surface area (Å²) in [4.78, 5) is 25.1. The zero-order chi connectivity index (χ0) is 16.1. The highest BCUT2D eigenvalue weighted by Gasteiger charge is 2.31. The summed E-state index contributed by atoms with van der Waals surface area (Å²) in [5.74, 6) is 0.596. The summed E-state index contributed by atoms with van der Waals surface area (Å²) in [6, 6.07) is 5.03. The second-order valence-corrected chi connectivity index (χ2v) is 5.10. The van der Waals surface area contributed by atoms with Gasteiger partial charge in [0.1, 0.15) is 0 Å². The molecule has 3 N–H and O–H groups in total. The molecule has 1 aliphatic rings. The number of benzene rings is 1. The Hall–Kier alpha value is -2.28. The minimum atomic E-state index is -0.554. The Balaban J connectivity index is 2.24. The van der Waals surface area contributed by atoms with Crippen molar-refractivity contribution in [2.24, 2.45) is 5.73 Å². The molecule has 1 fully saturated rings. The summed E-state index contributed by atoms with van der Waals surface area (Å²) in [5, 5.41) is 2.76. The molecule has 1 aromatic rings. The van der Waals surface area contributed by atoms with E-state index in [1.807, 2.05) is 23.1 Å². The highest BCUT2D eigenvalue weighted by Crippen LogP contribution is 2.32. The Morgan fingerprint density at radius 1 is 1.41 bits per heavy atom. The highest BCUT2D eigenvalue weighted by atomic mass is 16.5. The lowest BCUT2D eigenvalue weighted by molar-refractivity contribution is -0.133. The molecule has 2 amide bonds. The smallest absolute Gasteiger partial charge is 0.237 e. The number of nitrogens with one attached hydrogen (secondary N) is 1. The van der Waals surface area contributed by atoms with Crippen molar-refractivity contribution in [1.29, 1.82) is 0 Å². The summed E-state index contributed by atoms with van der Waals surface area (Å²) in [6.45, 7) is 1.66. The zero-order valence-corrected chi connectivity index (χ0v) is 12.8. The van der Waals surface area contributed by atoms with Crippen LogP contribution in [0.15, 0.2) is 18.2 Å². The topological polar surface area (TPSA) is 93.9 Å². The Bertz CT molecular complexity index is 562. The molecule has 120 valence electrons. The lowest BCUT2D eigenvalue weighted by Crippen LogP contribution is -2.55. The van der Waals surface area contributed by atoms with Gasteiger partial charge in [-0.25, -0.2) is 0 Å². The fourth-order valence-corrected chi connectivity index (χ4v) is 2.66. The van der Waals surface area contributed by atoms with Crippen molar-refractivity contribution < 1.29 is 19.1 Å². The average Bonchev–Trinajstić information content (AvgIpc) is 2.50. The van der Waals surface area contributed by atoms with E-state index in [1.54, 1.807) is 14.2 Å². The van der Waals surface area contributed by atoms with E-state index < -0.39 is 11.9 Å². The fourth-order valence-electron chi connectivity index (χ4n) is 2.66. The molecule has 7 nitrogen and oxygen atoms in total. The molecule has 0 aromatic heterocycles. The van der Waals surface area contributed by atoms with Gasteiger partial charge in [-0.15, -0.1) is 0 Å². The number of hydrogen-bond acceptors (Lipinski definition) is 5. The van der Waals surface area contributed by atoms with Crippen LogP contribution in [0.2, 0.25) is 0 Å². The first kappa shape index (κ1) is 16.1. The fraction of sp³-hybridized carbons (Fsp3) is 0.467. The number of para-hydroxylation sites is 1. The maximum Gasteiger partial charge on any atom is 0.237 e. The van der Waals surface area contributed by atoms with Crippen molar-refractivity contribution in [3.05, 3.63) is 23.8 Å². The van der Waals surface area contributed by atoms with E-state index in [0.717, 1.165) is 5.56 Å². The minimum absolute atomic E-state index is 0.00187. The molecular weight excluding hydrogens is 286 g/mol. The van der Waals surface area contributed by atoms with E-state index in [4.69, 9.17) is 15.2 Å². The largest absolute Gasteiger partial charge is 0.493 e. The first-order valence-corrected chi connectivity index (χ1v) is 7.06.